The van der Waals surface area contributed by atoms with Crippen molar-refractivity contribution in [3.8, 4) is 5.69 Å². The molecule has 170 valence electrons. The number of halogens is 1. The van der Waals surface area contributed by atoms with Crippen molar-refractivity contribution in [2.24, 2.45) is 0 Å². The summed E-state index contributed by atoms with van der Waals surface area (Å²) in [6.45, 7) is 16.5. The molecule has 31 heavy (non-hydrogen) atoms. The number of imide groups is 1. The largest absolute Gasteiger partial charge is 0.443 e. The lowest BCUT2D eigenvalue weighted by Crippen LogP contribution is -2.44. The van der Waals surface area contributed by atoms with Crippen LogP contribution in [0.3, 0.4) is 0 Å². The van der Waals surface area contributed by atoms with Crippen molar-refractivity contribution in [3.63, 3.8) is 0 Å². The number of carbonyl (C=O) groups excluding carboxylic acids is 2. The average Bonchev–Trinajstić information content (AvgIpc) is 2.96. The Morgan fingerprint density at radius 2 is 1.42 bits per heavy atom. The van der Waals surface area contributed by atoms with Gasteiger partial charge in [0.15, 0.2) is 5.82 Å². The molecule has 0 N–H and O–H groups in total. The molecule has 0 fully saturated rings. The molecular weight excluding hydrogens is 462 g/mol. The molecule has 1 heterocycles. The molecule has 2 amide bonds. The summed E-state index contributed by atoms with van der Waals surface area (Å²) in [6.07, 6.45) is -1.67. The van der Waals surface area contributed by atoms with Gasteiger partial charge in [0, 0.05) is 16.0 Å². The molecule has 1 aromatic heterocycles. The first-order valence-electron chi connectivity index (χ1n) is 10.1. The van der Waals surface area contributed by atoms with Crippen molar-refractivity contribution in [3.05, 3.63) is 40.5 Å². The minimum atomic E-state index is -0.835. The third-order valence-electron chi connectivity index (χ3n) is 3.89. The van der Waals surface area contributed by atoms with Crippen molar-refractivity contribution in [2.45, 2.75) is 78.9 Å². The molecule has 0 aliphatic rings. The molecule has 8 heteroatoms. The first-order valence-corrected chi connectivity index (χ1v) is 10.9. The molecule has 1 aromatic carbocycles. The fourth-order valence-electron chi connectivity index (χ4n) is 2.57. The highest BCUT2D eigenvalue weighted by Crippen LogP contribution is 2.31. The summed E-state index contributed by atoms with van der Waals surface area (Å²) < 4.78 is 13.5. The van der Waals surface area contributed by atoms with Crippen LogP contribution in [0.15, 0.2) is 34.8 Å². The minimum Gasteiger partial charge on any atom is -0.443 e. The second-order valence-corrected chi connectivity index (χ2v) is 11.2. The van der Waals surface area contributed by atoms with Crippen molar-refractivity contribution in [1.29, 1.82) is 0 Å². The van der Waals surface area contributed by atoms with Crippen LogP contribution in [0.1, 0.15) is 68.0 Å². The van der Waals surface area contributed by atoms with Crippen LogP contribution in [-0.2, 0) is 14.9 Å². The molecular formula is C23H32BrN3O4. The zero-order chi connectivity index (χ0) is 23.8. The number of benzene rings is 1. The maximum Gasteiger partial charge on any atom is 0.425 e. The van der Waals surface area contributed by atoms with Gasteiger partial charge in [-0.2, -0.15) is 10.00 Å². The molecule has 0 bridgehead atoms. The molecule has 0 unspecified atom stereocenters. The standard InChI is InChI=1S/C23H32BrN3O4/c1-21(2,3)17-14-18(27(25-17)16-12-10-11-15(24)13-16)26(19(28)30-22(4,5)6)20(29)31-23(7,8)9/h10-14H,1-9H3. The summed E-state index contributed by atoms with van der Waals surface area (Å²) >= 11 is 3.47. The van der Waals surface area contributed by atoms with Gasteiger partial charge in [-0.05, 0) is 59.7 Å². The van der Waals surface area contributed by atoms with Crippen LogP contribution in [-0.4, -0.2) is 33.2 Å². The monoisotopic (exact) mass is 493 g/mol. The van der Waals surface area contributed by atoms with E-state index in [1.165, 1.54) is 0 Å². The number of rotatable bonds is 2. The predicted octanol–water partition coefficient (Wildman–Crippen LogP) is 6.61. The topological polar surface area (TPSA) is 73.7 Å². The van der Waals surface area contributed by atoms with E-state index in [0.717, 1.165) is 9.37 Å². The van der Waals surface area contributed by atoms with Gasteiger partial charge in [0.2, 0.25) is 0 Å². The van der Waals surface area contributed by atoms with Crippen molar-refractivity contribution in [2.75, 3.05) is 4.90 Å². The Balaban J connectivity index is 2.72. The summed E-state index contributed by atoms with van der Waals surface area (Å²) in [7, 11) is 0. The van der Waals surface area contributed by atoms with Gasteiger partial charge >= 0.3 is 12.2 Å². The third kappa shape index (κ3) is 6.82. The smallest absolute Gasteiger partial charge is 0.425 e. The Hall–Kier alpha value is -2.35. The van der Waals surface area contributed by atoms with Crippen LogP contribution >= 0.6 is 15.9 Å². The summed E-state index contributed by atoms with van der Waals surface area (Å²) in [5, 5.41) is 4.71. The Labute approximate surface area is 192 Å². The van der Waals surface area contributed by atoms with E-state index in [2.05, 4.69) is 15.9 Å². The molecule has 0 aliphatic carbocycles. The number of nitrogens with zero attached hydrogens (tertiary/aromatic N) is 3. The fraction of sp³-hybridized carbons (Fsp3) is 0.522. The number of carbonyl (C=O) groups is 2. The zero-order valence-electron chi connectivity index (χ0n) is 19.7. The lowest BCUT2D eigenvalue weighted by Gasteiger charge is -2.28. The van der Waals surface area contributed by atoms with Gasteiger partial charge in [-0.15, -0.1) is 0 Å². The van der Waals surface area contributed by atoms with Crippen LogP contribution in [0.5, 0.6) is 0 Å². The molecule has 0 radical (unpaired) electrons. The van der Waals surface area contributed by atoms with E-state index in [-0.39, 0.29) is 11.2 Å². The van der Waals surface area contributed by atoms with E-state index in [9.17, 15) is 9.59 Å². The van der Waals surface area contributed by atoms with Gasteiger partial charge in [-0.25, -0.2) is 14.3 Å². The number of hydrogen-bond acceptors (Lipinski definition) is 5. The Morgan fingerprint density at radius 3 is 1.84 bits per heavy atom. The molecule has 0 saturated heterocycles. The highest BCUT2D eigenvalue weighted by molar-refractivity contribution is 9.10. The molecule has 0 saturated carbocycles. The summed E-state index contributed by atoms with van der Waals surface area (Å²) in [5.41, 5.74) is -0.536. The highest BCUT2D eigenvalue weighted by atomic mass is 79.9. The van der Waals surface area contributed by atoms with Gasteiger partial charge in [-0.1, -0.05) is 42.8 Å². The van der Waals surface area contributed by atoms with Crippen LogP contribution in [0.4, 0.5) is 15.4 Å². The average molecular weight is 494 g/mol. The molecule has 0 spiro atoms. The van der Waals surface area contributed by atoms with Crippen molar-refractivity contribution < 1.29 is 19.1 Å². The van der Waals surface area contributed by atoms with Gasteiger partial charge in [-0.3, -0.25) is 0 Å². The first-order chi connectivity index (χ1) is 14.0. The Kier molecular flexibility index (Phi) is 6.95. The lowest BCUT2D eigenvalue weighted by atomic mass is 9.92. The number of hydrogen-bond donors (Lipinski definition) is 0. The molecule has 0 atom stereocenters. The van der Waals surface area contributed by atoms with E-state index < -0.39 is 23.4 Å². The maximum absolute atomic E-state index is 13.1. The van der Waals surface area contributed by atoms with Gasteiger partial charge in [0.05, 0.1) is 11.4 Å². The van der Waals surface area contributed by atoms with E-state index in [0.29, 0.717) is 11.4 Å². The molecule has 7 nitrogen and oxygen atoms in total. The number of anilines is 1. The van der Waals surface area contributed by atoms with Crippen LogP contribution in [0.25, 0.3) is 5.69 Å². The lowest BCUT2D eigenvalue weighted by molar-refractivity contribution is 0.0428. The fourth-order valence-corrected chi connectivity index (χ4v) is 2.96. The molecule has 2 aromatic rings. The van der Waals surface area contributed by atoms with Gasteiger partial charge in [0.25, 0.3) is 0 Å². The van der Waals surface area contributed by atoms with E-state index in [1.54, 1.807) is 52.3 Å². The van der Waals surface area contributed by atoms with E-state index in [1.807, 2.05) is 45.0 Å². The highest BCUT2D eigenvalue weighted by Gasteiger charge is 2.36. The van der Waals surface area contributed by atoms with Crippen molar-refractivity contribution >= 4 is 33.9 Å². The Bertz CT molecular complexity index is 934. The number of ether oxygens (including phenoxy) is 2. The Morgan fingerprint density at radius 1 is 0.903 bits per heavy atom. The summed E-state index contributed by atoms with van der Waals surface area (Å²) in [6, 6.07) is 9.15. The second-order valence-electron chi connectivity index (χ2n) is 10.3. The minimum absolute atomic E-state index is 0.242. The van der Waals surface area contributed by atoms with E-state index in [4.69, 9.17) is 14.6 Å². The van der Waals surface area contributed by atoms with Crippen LogP contribution in [0.2, 0.25) is 0 Å². The number of aromatic nitrogens is 2. The SMILES string of the molecule is CC(C)(C)OC(=O)N(C(=O)OC(C)(C)C)c1cc(C(C)(C)C)nn1-c1cccc(Br)c1. The molecule has 0 aliphatic heterocycles. The quantitative estimate of drug-likeness (QED) is 0.470. The summed E-state index contributed by atoms with van der Waals surface area (Å²) in [4.78, 5) is 27.2. The number of amides is 2. The normalized spacial score (nSPS) is 12.5. The van der Waals surface area contributed by atoms with Gasteiger partial charge in [0.1, 0.15) is 11.2 Å². The van der Waals surface area contributed by atoms with Crippen LogP contribution in [0, 0.1) is 0 Å². The van der Waals surface area contributed by atoms with Gasteiger partial charge < -0.3 is 9.47 Å². The molecule has 2 rings (SSSR count). The third-order valence-corrected chi connectivity index (χ3v) is 4.39. The first kappa shape index (κ1) is 24.9. The van der Waals surface area contributed by atoms with E-state index >= 15 is 0 Å². The predicted molar refractivity (Wildman–Crippen MR) is 125 cm³/mol. The zero-order valence-corrected chi connectivity index (χ0v) is 21.3. The maximum atomic E-state index is 13.1. The van der Waals surface area contributed by atoms with Crippen molar-refractivity contribution in [1.82, 2.24) is 9.78 Å². The summed E-state index contributed by atoms with van der Waals surface area (Å²) in [5.74, 6) is 0.242. The van der Waals surface area contributed by atoms with Crippen LogP contribution < -0.4 is 4.90 Å². The second kappa shape index (κ2) is 8.65.